The van der Waals surface area contributed by atoms with Gasteiger partial charge in [0.25, 0.3) is 5.91 Å². The fraction of sp³-hybridized carbons (Fsp3) is 0.176. The van der Waals surface area contributed by atoms with Crippen LogP contribution in [0.2, 0.25) is 0 Å². The summed E-state index contributed by atoms with van der Waals surface area (Å²) in [5, 5.41) is 14.4. The van der Waals surface area contributed by atoms with Gasteiger partial charge in [0, 0.05) is 5.56 Å². The number of aromatic nitrogens is 5. The molecule has 3 aromatic heterocycles. The predicted octanol–water partition coefficient (Wildman–Crippen LogP) is 1.38. The smallest absolute Gasteiger partial charge is 0.254 e. The largest absolute Gasteiger partial charge is 0.508 e. The number of phenols is 1. The summed E-state index contributed by atoms with van der Waals surface area (Å²) < 4.78 is 3.22. The monoisotopic (exact) mass is 351 g/mol. The maximum atomic E-state index is 12.1. The van der Waals surface area contributed by atoms with Crippen molar-refractivity contribution in [2.45, 2.75) is 20.8 Å². The number of rotatable bonds is 2. The van der Waals surface area contributed by atoms with Crippen molar-refractivity contribution < 1.29 is 9.90 Å². The standard InChI is InChI=1S/C17H17N7O2/c1-7-4-5-10(25)8(2)13(7)23-14(18)11(15(19)26)12-17(23)24-16(9(3)22-12)20-6-21-24/h4-6,25H,18H2,1-3H3,(H2,19,26). The zero-order valence-electron chi connectivity index (χ0n) is 14.5. The van der Waals surface area contributed by atoms with Crippen LogP contribution in [0, 0.1) is 20.8 Å². The lowest BCUT2D eigenvalue weighted by atomic mass is 10.1. The van der Waals surface area contributed by atoms with Crippen LogP contribution in [0.4, 0.5) is 5.82 Å². The third kappa shape index (κ3) is 1.91. The second kappa shape index (κ2) is 5.19. The first-order valence-electron chi connectivity index (χ1n) is 7.92. The van der Waals surface area contributed by atoms with Crippen LogP contribution in [0.5, 0.6) is 5.75 Å². The van der Waals surface area contributed by atoms with E-state index in [1.54, 1.807) is 35.1 Å². The van der Waals surface area contributed by atoms with Gasteiger partial charge in [-0.05, 0) is 32.4 Å². The van der Waals surface area contributed by atoms with E-state index in [1.165, 1.54) is 6.33 Å². The Morgan fingerprint density at radius 3 is 2.65 bits per heavy atom. The van der Waals surface area contributed by atoms with Gasteiger partial charge >= 0.3 is 0 Å². The summed E-state index contributed by atoms with van der Waals surface area (Å²) in [5.41, 5.74) is 16.1. The molecule has 9 heteroatoms. The Kier molecular flexibility index (Phi) is 3.17. The molecule has 5 N–H and O–H groups in total. The van der Waals surface area contributed by atoms with Gasteiger partial charge in [0.2, 0.25) is 0 Å². The number of aromatic hydroxyl groups is 1. The molecular weight excluding hydrogens is 334 g/mol. The zero-order valence-corrected chi connectivity index (χ0v) is 14.5. The average molecular weight is 351 g/mol. The lowest BCUT2D eigenvalue weighted by Crippen LogP contribution is -2.14. The van der Waals surface area contributed by atoms with Crippen molar-refractivity contribution in [2.24, 2.45) is 5.73 Å². The molecule has 4 rings (SSSR count). The van der Waals surface area contributed by atoms with Crippen LogP contribution in [-0.4, -0.2) is 35.2 Å². The van der Waals surface area contributed by atoms with Gasteiger partial charge in [-0.2, -0.15) is 9.61 Å². The lowest BCUT2D eigenvalue weighted by Gasteiger charge is -2.15. The number of carbonyl (C=O) groups excluding carboxylic acids is 1. The number of fused-ring (bicyclic) bond motifs is 3. The second-order valence-electron chi connectivity index (χ2n) is 6.20. The Morgan fingerprint density at radius 2 is 1.96 bits per heavy atom. The van der Waals surface area contributed by atoms with Crippen molar-refractivity contribution in [3.63, 3.8) is 0 Å². The molecule has 0 aliphatic heterocycles. The van der Waals surface area contributed by atoms with Crippen molar-refractivity contribution in [3.8, 4) is 11.4 Å². The molecule has 132 valence electrons. The fourth-order valence-corrected chi connectivity index (χ4v) is 3.37. The van der Waals surface area contributed by atoms with E-state index in [9.17, 15) is 9.90 Å². The minimum Gasteiger partial charge on any atom is -0.508 e. The van der Waals surface area contributed by atoms with Crippen LogP contribution in [0.25, 0.3) is 22.5 Å². The molecule has 1 amide bonds. The Labute approximate surface area is 147 Å². The minimum absolute atomic E-state index is 0.113. The number of nitrogen functional groups attached to an aromatic ring is 1. The summed E-state index contributed by atoms with van der Waals surface area (Å²) in [6.45, 7) is 5.43. The molecule has 1 aromatic carbocycles. The molecule has 3 heterocycles. The number of nitrogens with zero attached hydrogens (tertiary/aromatic N) is 5. The van der Waals surface area contributed by atoms with E-state index in [0.29, 0.717) is 33.8 Å². The van der Waals surface area contributed by atoms with E-state index >= 15 is 0 Å². The third-order valence-electron chi connectivity index (χ3n) is 4.58. The number of carbonyl (C=O) groups is 1. The van der Waals surface area contributed by atoms with E-state index in [4.69, 9.17) is 11.5 Å². The SMILES string of the molecule is Cc1ccc(O)c(C)c1-n1c(N)c(C(N)=O)c2nc(C)c3ncnn3c21. The minimum atomic E-state index is -0.687. The quantitative estimate of drug-likeness (QED) is 0.499. The van der Waals surface area contributed by atoms with Crippen LogP contribution in [0.15, 0.2) is 18.5 Å². The summed E-state index contributed by atoms with van der Waals surface area (Å²) in [7, 11) is 0. The van der Waals surface area contributed by atoms with E-state index in [-0.39, 0.29) is 17.1 Å². The number of primary amides is 1. The van der Waals surface area contributed by atoms with Gasteiger partial charge in [-0.15, -0.1) is 0 Å². The summed E-state index contributed by atoms with van der Waals surface area (Å²) in [5.74, 6) is -0.436. The number of anilines is 1. The molecule has 4 aromatic rings. The Balaban J connectivity index is 2.31. The Hall–Kier alpha value is -3.62. The van der Waals surface area contributed by atoms with Crippen LogP contribution in [0.3, 0.4) is 0 Å². The number of aryl methyl sites for hydroxylation is 2. The molecule has 0 radical (unpaired) electrons. The molecule has 0 aliphatic rings. The summed E-state index contributed by atoms with van der Waals surface area (Å²) in [4.78, 5) is 20.8. The highest BCUT2D eigenvalue weighted by Gasteiger charge is 2.26. The molecule has 0 fully saturated rings. The molecule has 26 heavy (non-hydrogen) atoms. The molecule has 0 spiro atoms. The van der Waals surface area contributed by atoms with Crippen molar-refractivity contribution in [2.75, 3.05) is 5.73 Å². The van der Waals surface area contributed by atoms with Crippen LogP contribution < -0.4 is 11.5 Å². The molecule has 0 unspecified atom stereocenters. The predicted molar refractivity (Wildman–Crippen MR) is 96.4 cm³/mol. The number of hydrogen-bond donors (Lipinski definition) is 3. The molecule has 0 saturated carbocycles. The van der Waals surface area contributed by atoms with Crippen molar-refractivity contribution in [1.29, 1.82) is 0 Å². The van der Waals surface area contributed by atoms with E-state index in [0.717, 1.165) is 5.56 Å². The highest BCUT2D eigenvalue weighted by Crippen LogP contribution is 2.35. The fourth-order valence-electron chi connectivity index (χ4n) is 3.37. The zero-order chi connectivity index (χ0) is 18.7. The summed E-state index contributed by atoms with van der Waals surface area (Å²) in [6, 6.07) is 3.38. The number of amides is 1. The normalized spacial score (nSPS) is 11.5. The Morgan fingerprint density at radius 1 is 1.23 bits per heavy atom. The molecule has 0 bridgehead atoms. The van der Waals surface area contributed by atoms with Gasteiger partial charge in [-0.3, -0.25) is 9.36 Å². The van der Waals surface area contributed by atoms with Crippen molar-refractivity contribution in [1.82, 2.24) is 24.1 Å². The highest BCUT2D eigenvalue weighted by atomic mass is 16.3. The van der Waals surface area contributed by atoms with Gasteiger partial charge in [0.1, 0.15) is 29.0 Å². The first-order chi connectivity index (χ1) is 12.3. The summed E-state index contributed by atoms with van der Waals surface area (Å²) in [6.07, 6.45) is 1.41. The molecular formula is C17H17N7O2. The topological polar surface area (TPSA) is 137 Å². The van der Waals surface area contributed by atoms with Crippen LogP contribution in [-0.2, 0) is 0 Å². The van der Waals surface area contributed by atoms with Crippen molar-refractivity contribution >= 4 is 28.5 Å². The molecule has 0 atom stereocenters. The van der Waals surface area contributed by atoms with Gasteiger partial charge in [0.05, 0.1) is 11.4 Å². The number of benzene rings is 1. The van der Waals surface area contributed by atoms with Crippen LogP contribution in [0.1, 0.15) is 27.2 Å². The maximum Gasteiger partial charge on any atom is 0.254 e. The third-order valence-corrected chi connectivity index (χ3v) is 4.58. The van der Waals surface area contributed by atoms with E-state index in [2.05, 4.69) is 15.1 Å². The second-order valence-corrected chi connectivity index (χ2v) is 6.20. The first kappa shape index (κ1) is 15.9. The number of hydrogen-bond acceptors (Lipinski definition) is 6. The van der Waals surface area contributed by atoms with Gasteiger partial charge in [-0.25, -0.2) is 9.97 Å². The van der Waals surface area contributed by atoms with E-state index in [1.807, 2.05) is 6.92 Å². The molecule has 0 aliphatic carbocycles. The number of nitrogens with two attached hydrogens (primary N) is 2. The number of phenolic OH excluding ortho intramolecular Hbond substituents is 1. The molecule has 9 nitrogen and oxygen atoms in total. The Bertz CT molecular complexity index is 1220. The highest BCUT2D eigenvalue weighted by molar-refractivity contribution is 6.10. The van der Waals surface area contributed by atoms with Gasteiger partial charge < -0.3 is 16.6 Å². The maximum absolute atomic E-state index is 12.1. The van der Waals surface area contributed by atoms with Gasteiger partial charge in [-0.1, -0.05) is 6.07 Å². The first-order valence-corrected chi connectivity index (χ1v) is 7.92. The van der Waals surface area contributed by atoms with E-state index < -0.39 is 5.91 Å². The average Bonchev–Trinajstić information content (AvgIpc) is 3.15. The van der Waals surface area contributed by atoms with Crippen molar-refractivity contribution in [3.05, 3.63) is 40.8 Å². The van der Waals surface area contributed by atoms with Crippen LogP contribution >= 0.6 is 0 Å². The lowest BCUT2D eigenvalue weighted by molar-refractivity contribution is 0.100. The summed E-state index contributed by atoms with van der Waals surface area (Å²) >= 11 is 0. The molecule has 0 saturated heterocycles. The van der Waals surface area contributed by atoms with Gasteiger partial charge in [0.15, 0.2) is 11.3 Å².